The number of anilines is 2. The lowest BCUT2D eigenvalue weighted by atomic mass is 9.81. The van der Waals surface area contributed by atoms with Crippen LogP contribution in [0.5, 0.6) is 0 Å². The molecular formula is C18H22N2. The van der Waals surface area contributed by atoms with Gasteiger partial charge in [0.25, 0.3) is 0 Å². The lowest BCUT2D eigenvalue weighted by Gasteiger charge is -2.24. The van der Waals surface area contributed by atoms with Crippen LogP contribution in [0.4, 0.5) is 11.4 Å². The zero-order chi connectivity index (χ0) is 14.8. The van der Waals surface area contributed by atoms with Crippen LogP contribution in [0.25, 0.3) is 5.57 Å². The highest BCUT2D eigenvalue weighted by Gasteiger charge is 2.20. The Balaban J connectivity index is 2.43. The van der Waals surface area contributed by atoms with E-state index in [0.29, 0.717) is 0 Å². The van der Waals surface area contributed by atoms with Crippen molar-refractivity contribution in [3.8, 4) is 0 Å². The van der Waals surface area contributed by atoms with Crippen LogP contribution >= 0.6 is 0 Å². The van der Waals surface area contributed by atoms with E-state index in [4.69, 9.17) is 11.5 Å². The van der Waals surface area contributed by atoms with Crippen LogP contribution < -0.4 is 11.5 Å². The van der Waals surface area contributed by atoms with Crippen molar-refractivity contribution in [2.75, 3.05) is 11.5 Å². The van der Waals surface area contributed by atoms with E-state index in [9.17, 15) is 0 Å². The van der Waals surface area contributed by atoms with Gasteiger partial charge < -0.3 is 11.5 Å². The smallest absolute Gasteiger partial charge is 0.0390 e. The number of benzene rings is 2. The zero-order valence-electron chi connectivity index (χ0n) is 12.4. The highest BCUT2D eigenvalue weighted by molar-refractivity contribution is 5.75. The van der Waals surface area contributed by atoms with E-state index in [0.717, 1.165) is 28.1 Å². The van der Waals surface area contributed by atoms with Crippen LogP contribution in [0.3, 0.4) is 0 Å². The summed E-state index contributed by atoms with van der Waals surface area (Å²) in [5.74, 6) is 0. The number of para-hydroxylation sites is 2. The molecule has 0 aliphatic rings. The molecule has 2 aromatic carbocycles. The summed E-state index contributed by atoms with van der Waals surface area (Å²) >= 11 is 0. The Morgan fingerprint density at radius 3 is 2.05 bits per heavy atom. The molecule has 0 spiro atoms. The minimum Gasteiger partial charge on any atom is -0.398 e. The average molecular weight is 266 g/mol. The fourth-order valence-electron chi connectivity index (χ4n) is 2.64. The highest BCUT2D eigenvalue weighted by atomic mass is 14.6. The standard InChI is InChI=1S/C18H22N2/c1-13(14-8-4-6-10-16(14)19)12-18(2,3)15-9-5-7-11-17(15)20/h4-12H,19-20H2,1-3H3. The molecule has 0 aromatic heterocycles. The Morgan fingerprint density at radius 2 is 1.45 bits per heavy atom. The molecule has 0 saturated carbocycles. The molecule has 0 saturated heterocycles. The van der Waals surface area contributed by atoms with Gasteiger partial charge in [0.2, 0.25) is 0 Å². The Kier molecular flexibility index (Phi) is 3.84. The maximum absolute atomic E-state index is 6.10. The topological polar surface area (TPSA) is 52.0 Å². The summed E-state index contributed by atoms with van der Waals surface area (Å²) in [6.45, 7) is 6.43. The van der Waals surface area contributed by atoms with Gasteiger partial charge in [-0.3, -0.25) is 0 Å². The molecule has 0 radical (unpaired) electrons. The van der Waals surface area contributed by atoms with Crippen molar-refractivity contribution in [3.63, 3.8) is 0 Å². The SMILES string of the molecule is CC(=CC(C)(C)c1ccccc1N)c1ccccc1N. The zero-order valence-corrected chi connectivity index (χ0v) is 12.4. The van der Waals surface area contributed by atoms with Gasteiger partial charge in [-0.15, -0.1) is 0 Å². The Labute approximate surface area is 121 Å². The molecule has 0 aliphatic heterocycles. The minimum absolute atomic E-state index is 0.141. The second-order valence-corrected chi connectivity index (χ2v) is 5.72. The fraction of sp³-hybridized carbons (Fsp3) is 0.222. The summed E-state index contributed by atoms with van der Waals surface area (Å²) in [7, 11) is 0. The van der Waals surface area contributed by atoms with Crippen molar-refractivity contribution in [1.82, 2.24) is 0 Å². The van der Waals surface area contributed by atoms with Crippen molar-refractivity contribution in [3.05, 3.63) is 65.7 Å². The molecule has 0 atom stereocenters. The van der Waals surface area contributed by atoms with Gasteiger partial charge >= 0.3 is 0 Å². The summed E-state index contributed by atoms with van der Waals surface area (Å²) < 4.78 is 0. The van der Waals surface area contributed by atoms with Crippen molar-refractivity contribution in [1.29, 1.82) is 0 Å². The molecule has 2 aromatic rings. The third kappa shape index (κ3) is 2.85. The molecule has 4 N–H and O–H groups in total. The molecule has 0 bridgehead atoms. The van der Waals surface area contributed by atoms with E-state index in [2.05, 4.69) is 32.9 Å². The first-order valence-corrected chi connectivity index (χ1v) is 6.81. The van der Waals surface area contributed by atoms with Crippen molar-refractivity contribution >= 4 is 16.9 Å². The van der Waals surface area contributed by atoms with Gasteiger partial charge in [-0.1, -0.05) is 56.3 Å². The number of hydrogen-bond acceptors (Lipinski definition) is 2. The van der Waals surface area contributed by atoms with Crippen LogP contribution in [0, 0.1) is 0 Å². The Morgan fingerprint density at radius 1 is 0.900 bits per heavy atom. The molecular weight excluding hydrogens is 244 g/mol. The van der Waals surface area contributed by atoms with E-state index in [-0.39, 0.29) is 5.41 Å². The summed E-state index contributed by atoms with van der Waals surface area (Å²) in [5.41, 5.74) is 17.0. The monoisotopic (exact) mass is 266 g/mol. The van der Waals surface area contributed by atoms with Crippen LogP contribution in [-0.2, 0) is 5.41 Å². The van der Waals surface area contributed by atoms with E-state index in [1.807, 2.05) is 42.5 Å². The lowest BCUT2D eigenvalue weighted by molar-refractivity contribution is 0.674. The van der Waals surface area contributed by atoms with Gasteiger partial charge in [-0.25, -0.2) is 0 Å². The van der Waals surface area contributed by atoms with Crippen molar-refractivity contribution < 1.29 is 0 Å². The first-order valence-electron chi connectivity index (χ1n) is 6.81. The fourth-order valence-corrected chi connectivity index (χ4v) is 2.64. The van der Waals surface area contributed by atoms with Crippen molar-refractivity contribution in [2.45, 2.75) is 26.2 Å². The van der Waals surface area contributed by atoms with Gasteiger partial charge in [0, 0.05) is 22.4 Å². The molecule has 0 unspecified atom stereocenters. The molecule has 0 aliphatic carbocycles. The van der Waals surface area contributed by atoms with E-state index < -0.39 is 0 Å². The van der Waals surface area contributed by atoms with E-state index >= 15 is 0 Å². The molecule has 2 nitrogen and oxygen atoms in total. The van der Waals surface area contributed by atoms with Crippen LogP contribution in [0.2, 0.25) is 0 Å². The summed E-state index contributed by atoms with van der Waals surface area (Å²) in [6, 6.07) is 15.9. The Hall–Kier alpha value is -2.22. The lowest BCUT2D eigenvalue weighted by Crippen LogP contribution is -2.16. The van der Waals surface area contributed by atoms with E-state index in [1.165, 1.54) is 0 Å². The molecule has 0 heterocycles. The maximum Gasteiger partial charge on any atom is 0.0390 e. The van der Waals surface area contributed by atoms with E-state index in [1.54, 1.807) is 0 Å². The Bertz CT molecular complexity index is 639. The normalized spacial score (nSPS) is 12.4. The predicted octanol–water partition coefficient (Wildman–Crippen LogP) is 4.23. The third-order valence-corrected chi connectivity index (χ3v) is 3.62. The van der Waals surface area contributed by atoms with Gasteiger partial charge in [0.05, 0.1) is 0 Å². The summed E-state index contributed by atoms with van der Waals surface area (Å²) in [5, 5.41) is 0. The molecule has 0 amide bonds. The molecule has 20 heavy (non-hydrogen) atoms. The average Bonchev–Trinajstić information content (AvgIpc) is 2.38. The van der Waals surface area contributed by atoms with Crippen molar-refractivity contribution in [2.24, 2.45) is 0 Å². The highest BCUT2D eigenvalue weighted by Crippen LogP contribution is 2.33. The van der Waals surface area contributed by atoms with Gasteiger partial charge in [0.15, 0.2) is 0 Å². The number of allylic oxidation sites excluding steroid dienone is 2. The van der Waals surface area contributed by atoms with Crippen LogP contribution in [0.15, 0.2) is 54.6 Å². The summed E-state index contributed by atoms with van der Waals surface area (Å²) in [4.78, 5) is 0. The van der Waals surface area contributed by atoms with Crippen LogP contribution in [0.1, 0.15) is 31.9 Å². The minimum atomic E-state index is -0.141. The second-order valence-electron chi connectivity index (χ2n) is 5.72. The number of rotatable bonds is 3. The van der Waals surface area contributed by atoms with Crippen LogP contribution in [-0.4, -0.2) is 0 Å². The quantitative estimate of drug-likeness (QED) is 0.817. The molecule has 2 heteroatoms. The first kappa shape index (κ1) is 14.2. The molecule has 104 valence electrons. The second kappa shape index (κ2) is 5.41. The summed E-state index contributed by atoms with van der Waals surface area (Å²) in [6.07, 6.45) is 2.23. The third-order valence-electron chi connectivity index (χ3n) is 3.62. The van der Waals surface area contributed by atoms with Gasteiger partial charge in [-0.05, 0) is 30.2 Å². The van der Waals surface area contributed by atoms with Gasteiger partial charge in [-0.2, -0.15) is 0 Å². The largest absolute Gasteiger partial charge is 0.398 e. The maximum atomic E-state index is 6.10. The molecule has 0 fully saturated rings. The predicted molar refractivity (Wildman–Crippen MR) is 88.4 cm³/mol. The first-order chi connectivity index (χ1) is 9.42. The molecule has 2 rings (SSSR count). The number of nitrogen functional groups attached to an aromatic ring is 2. The number of hydrogen-bond donors (Lipinski definition) is 2. The van der Waals surface area contributed by atoms with Gasteiger partial charge in [0.1, 0.15) is 0 Å². The number of nitrogens with two attached hydrogens (primary N) is 2.